The third kappa shape index (κ3) is 5.57. The molecule has 2 heteroatoms. The Morgan fingerprint density at radius 1 is 1.42 bits per heavy atom. The van der Waals surface area contributed by atoms with E-state index >= 15 is 0 Å². The van der Waals surface area contributed by atoms with Gasteiger partial charge in [0.1, 0.15) is 0 Å². The van der Waals surface area contributed by atoms with Crippen molar-refractivity contribution >= 4 is 26.3 Å². The van der Waals surface area contributed by atoms with Gasteiger partial charge < -0.3 is 0 Å². The lowest BCUT2D eigenvalue weighted by Gasteiger charge is -2.29. The van der Waals surface area contributed by atoms with Crippen LogP contribution < -0.4 is 0 Å². The van der Waals surface area contributed by atoms with E-state index in [2.05, 4.69) is 63.3 Å². The van der Waals surface area contributed by atoms with Crippen molar-refractivity contribution in [1.82, 2.24) is 0 Å². The van der Waals surface area contributed by atoms with Crippen LogP contribution in [-0.2, 0) is 0 Å². The highest BCUT2D eigenvalue weighted by Gasteiger charge is 2.25. The molecule has 0 saturated heterocycles. The Kier molecular flexibility index (Phi) is 7.06. The molecule has 0 fully saturated rings. The Labute approximate surface area is 133 Å². The van der Waals surface area contributed by atoms with E-state index in [-0.39, 0.29) is 5.54 Å². The molecule has 0 aromatic heterocycles. The van der Waals surface area contributed by atoms with Crippen molar-refractivity contribution < 1.29 is 0 Å². The summed E-state index contributed by atoms with van der Waals surface area (Å²) in [6.07, 6.45) is 9.98. The first-order valence-corrected chi connectivity index (χ1v) is 8.87. The lowest BCUT2D eigenvalue weighted by Crippen LogP contribution is -2.28. The van der Waals surface area contributed by atoms with Crippen molar-refractivity contribution in [2.45, 2.75) is 78.7 Å². The van der Waals surface area contributed by atoms with Gasteiger partial charge in [-0.05, 0) is 80.4 Å². The minimum absolute atomic E-state index is 0.0729. The highest BCUT2D eigenvalue weighted by atomic mass is 127. The Balaban J connectivity index is 2.86. The summed E-state index contributed by atoms with van der Waals surface area (Å²) in [6.45, 7) is 11.6. The molecule has 110 valence electrons. The summed E-state index contributed by atoms with van der Waals surface area (Å²) >= 11 is 2.44. The van der Waals surface area contributed by atoms with Crippen LogP contribution in [0, 0.1) is 11.8 Å². The Hall–Kier alpha value is 0.140. The maximum atomic E-state index is 4.93. The Morgan fingerprint density at radius 3 is 2.74 bits per heavy atom. The second-order valence-corrected chi connectivity index (χ2v) is 7.85. The third-order valence-corrected chi connectivity index (χ3v) is 5.33. The Bertz CT molecular complexity index is 341. The summed E-state index contributed by atoms with van der Waals surface area (Å²) in [6, 6.07) is 0. The van der Waals surface area contributed by atoms with Crippen molar-refractivity contribution in [1.29, 1.82) is 0 Å². The molecule has 0 radical (unpaired) electrons. The van der Waals surface area contributed by atoms with Crippen LogP contribution >= 0.6 is 22.6 Å². The number of aliphatic imine (C=N–C) groups is 1. The molecule has 0 aromatic carbocycles. The summed E-state index contributed by atoms with van der Waals surface area (Å²) < 4.78 is 1.30. The van der Waals surface area contributed by atoms with E-state index < -0.39 is 0 Å². The molecule has 0 spiro atoms. The van der Waals surface area contributed by atoms with E-state index in [9.17, 15) is 0 Å². The van der Waals surface area contributed by atoms with Crippen LogP contribution in [0.1, 0.15) is 73.1 Å². The van der Waals surface area contributed by atoms with Gasteiger partial charge in [0.15, 0.2) is 0 Å². The van der Waals surface area contributed by atoms with Gasteiger partial charge >= 0.3 is 0 Å². The van der Waals surface area contributed by atoms with Gasteiger partial charge in [0.2, 0.25) is 0 Å². The van der Waals surface area contributed by atoms with E-state index in [1.54, 1.807) is 5.57 Å². The van der Waals surface area contributed by atoms with Gasteiger partial charge in [-0.25, -0.2) is 0 Å². The van der Waals surface area contributed by atoms with Crippen LogP contribution in [0.2, 0.25) is 0 Å². The molecule has 0 aromatic rings. The Morgan fingerprint density at radius 2 is 2.11 bits per heavy atom. The normalized spacial score (nSPS) is 31.8. The molecule has 0 saturated carbocycles. The first-order valence-electron chi connectivity index (χ1n) is 7.80. The van der Waals surface area contributed by atoms with Gasteiger partial charge in [-0.15, -0.1) is 0 Å². The molecular formula is C17H30IN. The lowest BCUT2D eigenvalue weighted by atomic mass is 9.83. The summed E-state index contributed by atoms with van der Waals surface area (Å²) in [5.74, 6) is 1.37. The van der Waals surface area contributed by atoms with E-state index in [1.807, 2.05) is 0 Å². The van der Waals surface area contributed by atoms with E-state index in [4.69, 9.17) is 4.99 Å². The number of hydrogen-bond acceptors (Lipinski definition) is 1. The zero-order valence-electron chi connectivity index (χ0n) is 13.3. The number of hydrogen-bond donors (Lipinski definition) is 0. The molecule has 0 amide bonds. The van der Waals surface area contributed by atoms with Crippen LogP contribution in [0.15, 0.2) is 16.6 Å². The van der Waals surface area contributed by atoms with Gasteiger partial charge in [0.05, 0.1) is 9.26 Å². The van der Waals surface area contributed by atoms with Crippen LogP contribution in [-0.4, -0.2) is 9.26 Å². The number of rotatable bonds is 3. The van der Waals surface area contributed by atoms with Gasteiger partial charge in [0, 0.05) is 0 Å². The predicted octanol–water partition coefficient (Wildman–Crippen LogP) is 6.17. The van der Waals surface area contributed by atoms with E-state index in [0.717, 1.165) is 12.3 Å². The van der Waals surface area contributed by atoms with E-state index in [1.165, 1.54) is 35.8 Å². The second kappa shape index (κ2) is 7.80. The minimum atomic E-state index is 0.0729. The standard InChI is InChI=1S/C17H30IN/c1-6-8-13(2)15-9-7-10-16(18)19-17(4,5)14(3)11-12-15/h12-14H,6-11H2,1-5H3/b15-12+,19-16+. The SMILES string of the molecule is CCCC(C)/C1=C/CC(C)C(C)(C)/N=C(/I)CCC1. The molecule has 1 nitrogen and oxygen atoms in total. The van der Waals surface area contributed by atoms with Crippen LogP contribution in [0.3, 0.4) is 0 Å². The molecule has 0 N–H and O–H groups in total. The van der Waals surface area contributed by atoms with Crippen LogP contribution in [0.5, 0.6) is 0 Å². The summed E-state index contributed by atoms with van der Waals surface area (Å²) in [5, 5.41) is 0. The third-order valence-electron chi connectivity index (χ3n) is 4.55. The van der Waals surface area contributed by atoms with Crippen molar-refractivity contribution in [2.24, 2.45) is 16.8 Å². The lowest BCUT2D eigenvalue weighted by molar-refractivity contribution is 0.350. The quantitative estimate of drug-likeness (QED) is 0.413. The summed E-state index contributed by atoms with van der Waals surface area (Å²) in [4.78, 5) is 4.93. The topological polar surface area (TPSA) is 12.4 Å². The first-order chi connectivity index (χ1) is 8.86. The van der Waals surface area contributed by atoms with Crippen molar-refractivity contribution in [3.63, 3.8) is 0 Å². The molecular weight excluding hydrogens is 345 g/mol. The minimum Gasteiger partial charge on any atom is -0.277 e. The first kappa shape index (κ1) is 17.2. The number of nitrogens with zero attached hydrogens (tertiary/aromatic N) is 1. The highest BCUT2D eigenvalue weighted by molar-refractivity contribution is 14.1. The number of allylic oxidation sites excluding steroid dienone is 2. The fraction of sp³-hybridized carbons (Fsp3) is 0.824. The largest absolute Gasteiger partial charge is 0.277 e. The zero-order chi connectivity index (χ0) is 14.5. The summed E-state index contributed by atoms with van der Waals surface area (Å²) in [5.41, 5.74) is 1.76. The monoisotopic (exact) mass is 375 g/mol. The van der Waals surface area contributed by atoms with Crippen molar-refractivity contribution in [3.05, 3.63) is 11.6 Å². The molecule has 19 heavy (non-hydrogen) atoms. The average molecular weight is 375 g/mol. The fourth-order valence-electron chi connectivity index (χ4n) is 2.70. The molecule has 0 bridgehead atoms. The van der Waals surface area contributed by atoms with Crippen molar-refractivity contribution in [2.75, 3.05) is 0 Å². The van der Waals surface area contributed by atoms with Gasteiger partial charge in [-0.2, -0.15) is 0 Å². The maximum Gasteiger partial charge on any atom is 0.0735 e. The second-order valence-electron chi connectivity index (χ2n) is 6.60. The highest BCUT2D eigenvalue weighted by Crippen LogP contribution is 2.31. The van der Waals surface area contributed by atoms with Crippen molar-refractivity contribution in [3.8, 4) is 0 Å². The zero-order valence-corrected chi connectivity index (χ0v) is 15.5. The van der Waals surface area contributed by atoms with E-state index in [0.29, 0.717) is 5.92 Å². The number of halogens is 1. The van der Waals surface area contributed by atoms with Gasteiger partial charge in [0.25, 0.3) is 0 Å². The van der Waals surface area contributed by atoms with Crippen LogP contribution in [0.25, 0.3) is 0 Å². The smallest absolute Gasteiger partial charge is 0.0735 e. The predicted molar refractivity (Wildman–Crippen MR) is 95.3 cm³/mol. The average Bonchev–Trinajstić information content (AvgIpc) is 2.31. The molecule has 0 aliphatic carbocycles. The maximum absolute atomic E-state index is 4.93. The molecule has 1 aliphatic rings. The molecule has 1 rings (SSSR count). The van der Waals surface area contributed by atoms with Gasteiger partial charge in [-0.3, -0.25) is 4.99 Å². The molecule has 1 heterocycles. The summed E-state index contributed by atoms with van der Waals surface area (Å²) in [7, 11) is 0. The van der Waals surface area contributed by atoms with Gasteiger partial charge in [-0.1, -0.05) is 38.8 Å². The molecule has 2 atom stereocenters. The molecule has 1 aliphatic heterocycles. The fourth-order valence-corrected chi connectivity index (χ4v) is 3.70. The molecule has 2 unspecified atom stereocenters. The van der Waals surface area contributed by atoms with Crippen LogP contribution in [0.4, 0.5) is 0 Å².